The molecule has 3 nitrogen and oxygen atoms in total. The van der Waals surface area contributed by atoms with Gasteiger partial charge in [0.25, 0.3) is 0 Å². The highest BCUT2D eigenvalue weighted by Crippen LogP contribution is 2.28. The predicted octanol–water partition coefficient (Wildman–Crippen LogP) is 4.44. The van der Waals surface area contributed by atoms with Crippen molar-refractivity contribution in [1.29, 1.82) is 0 Å². The number of carboxylic acid groups (broad SMARTS) is 1. The number of hydrogen-bond donors (Lipinski definition) is 1. The lowest BCUT2D eigenvalue weighted by atomic mass is 10.1. The van der Waals surface area contributed by atoms with E-state index in [2.05, 4.69) is 18.7 Å². The molecule has 4 heteroatoms. The molecule has 0 aromatic heterocycles. The van der Waals surface area contributed by atoms with Gasteiger partial charge in [0.05, 0.1) is 5.56 Å². The number of aromatic carboxylic acids is 1. The summed E-state index contributed by atoms with van der Waals surface area (Å²) >= 11 is 6.27. The molecular weight excluding hydrogens is 286 g/mol. The van der Waals surface area contributed by atoms with Crippen LogP contribution in [0.2, 0.25) is 5.02 Å². The smallest absolute Gasteiger partial charge is 0.335 e. The van der Waals surface area contributed by atoms with Crippen molar-refractivity contribution >= 4 is 17.6 Å². The van der Waals surface area contributed by atoms with E-state index in [1.807, 2.05) is 6.07 Å². The standard InChI is InChI=1S/C17H24ClNO2/c1-12(2)10-19(15-5-3-4-6-15)11-14-8-7-13(17(20)21)9-16(14)18/h7-9,12,15H,3-6,10-11H2,1-2H3,(H,20,21). The van der Waals surface area contributed by atoms with Crippen LogP contribution in [0.1, 0.15) is 55.5 Å². The van der Waals surface area contributed by atoms with Crippen LogP contribution >= 0.6 is 11.6 Å². The van der Waals surface area contributed by atoms with Gasteiger partial charge in [-0.05, 0) is 36.5 Å². The van der Waals surface area contributed by atoms with Crippen LogP contribution in [0.25, 0.3) is 0 Å². The Kier molecular flexibility index (Phi) is 5.65. The van der Waals surface area contributed by atoms with Gasteiger partial charge in [0.2, 0.25) is 0 Å². The van der Waals surface area contributed by atoms with Crippen molar-refractivity contribution in [2.75, 3.05) is 6.54 Å². The van der Waals surface area contributed by atoms with E-state index in [9.17, 15) is 4.79 Å². The molecule has 0 saturated heterocycles. The number of carbonyl (C=O) groups is 1. The summed E-state index contributed by atoms with van der Waals surface area (Å²) in [6.45, 7) is 6.33. The molecule has 1 aromatic rings. The first kappa shape index (κ1) is 16.3. The average molecular weight is 310 g/mol. The maximum atomic E-state index is 11.0. The zero-order valence-electron chi connectivity index (χ0n) is 12.8. The summed E-state index contributed by atoms with van der Waals surface area (Å²) < 4.78 is 0. The average Bonchev–Trinajstić information content (AvgIpc) is 2.93. The molecule has 1 fully saturated rings. The summed E-state index contributed by atoms with van der Waals surface area (Å²) in [5.74, 6) is -0.319. The first-order valence-corrected chi connectivity index (χ1v) is 8.11. The Bertz CT molecular complexity index is 496. The molecule has 116 valence electrons. The van der Waals surface area contributed by atoms with Crippen LogP contribution in [-0.2, 0) is 6.54 Å². The van der Waals surface area contributed by atoms with Crippen LogP contribution in [0.3, 0.4) is 0 Å². The lowest BCUT2D eigenvalue weighted by Gasteiger charge is -2.30. The molecule has 0 unspecified atom stereocenters. The second-order valence-electron chi connectivity index (χ2n) is 6.37. The van der Waals surface area contributed by atoms with Crippen LogP contribution in [0.4, 0.5) is 0 Å². The number of nitrogens with zero attached hydrogens (tertiary/aromatic N) is 1. The summed E-state index contributed by atoms with van der Waals surface area (Å²) in [5.41, 5.74) is 1.27. The molecule has 1 saturated carbocycles. The van der Waals surface area contributed by atoms with Gasteiger partial charge in [0, 0.05) is 24.2 Å². The number of rotatable bonds is 6. The van der Waals surface area contributed by atoms with E-state index in [1.54, 1.807) is 12.1 Å². The van der Waals surface area contributed by atoms with Crippen LogP contribution < -0.4 is 0 Å². The summed E-state index contributed by atoms with van der Waals surface area (Å²) in [6.07, 6.45) is 5.14. The zero-order valence-corrected chi connectivity index (χ0v) is 13.6. The Morgan fingerprint density at radius 1 is 1.38 bits per heavy atom. The molecule has 0 bridgehead atoms. The molecule has 0 spiro atoms. The minimum Gasteiger partial charge on any atom is -0.478 e. The molecule has 1 aliphatic rings. The van der Waals surface area contributed by atoms with E-state index in [1.165, 1.54) is 25.7 Å². The van der Waals surface area contributed by atoms with Crippen molar-refractivity contribution in [2.24, 2.45) is 5.92 Å². The summed E-state index contributed by atoms with van der Waals surface area (Å²) in [4.78, 5) is 13.5. The second kappa shape index (κ2) is 7.28. The third-order valence-electron chi connectivity index (χ3n) is 4.11. The second-order valence-corrected chi connectivity index (χ2v) is 6.78. The minimum absolute atomic E-state index is 0.250. The van der Waals surface area contributed by atoms with E-state index in [0.29, 0.717) is 17.0 Å². The summed E-state index contributed by atoms with van der Waals surface area (Å²) in [6, 6.07) is 5.70. The van der Waals surface area contributed by atoms with E-state index >= 15 is 0 Å². The van der Waals surface area contributed by atoms with Crippen LogP contribution in [0, 0.1) is 5.92 Å². The number of carboxylic acids is 1. The summed E-state index contributed by atoms with van der Waals surface area (Å²) in [7, 11) is 0. The predicted molar refractivity (Wildman–Crippen MR) is 85.9 cm³/mol. The van der Waals surface area contributed by atoms with E-state index in [-0.39, 0.29) is 5.56 Å². The quantitative estimate of drug-likeness (QED) is 0.844. The molecule has 0 heterocycles. The largest absolute Gasteiger partial charge is 0.478 e. The summed E-state index contributed by atoms with van der Waals surface area (Å²) in [5, 5.41) is 9.56. The molecule has 0 amide bonds. The van der Waals surface area contributed by atoms with Crippen molar-refractivity contribution in [3.8, 4) is 0 Å². The van der Waals surface area contributed by atoms with Crippen molar-refractivity contribution in [2.45, 2.75) is 52.1 Å². The van der Waals surface area contributed by atoms with Crippen LogP contribution in [0.15, 0.2) is 18.2 Å². The first-order valence-electron chi connectivity index (χ1n) is 7.73. The fourth-order valence-electron chi connectivity index (χ4n) is 3.11. The molecule has 1 aliphatic carbocycles. The number of halogens is 1. The molecule has 21 heavy (non-hydrogen) atoms. The molecule has 1 aromatic carbocycles. The Balaban J connectivity index is 2.13. The molecular formula is C17H24ClNO2. The van der Waals surface area contributed by atoms with Gasteiger partial charge in [-0.25, -0.2) is 4.79 Å². The fraction of sp³-hybridized carbons (Fsp3) is 0.588. The zero-order chi connectivity index (χ0) is 15.4. The number of benzene rings is 1. The van der Waals surface area contributed by atoms with E-state index in [0.717, 1.165) is 18.7 Å². The van der Waals surface area contributed by atoms with Crippen molar-refractivity contribution in [3.05, 3.63) is 34.3 Å². The van der Waals surface area contributed by atoms with Crippen molar-refractivity contribution in [1.82, 2.24) is 4.90 Å². The third kappa shape index (κ3) is 4.45. The fourth-order valence-corrected chi connectivity index (χ4v) is 3.35. The maximum Gasteiger partial charge on any atom is 0.335 e. The highest BCUT2D eigenvalue weighted by molar-refractivity contribution is 6.31. The number of hydrogen-bond acceptors (Lipinski definition) is 2. The Morgan fingerprint density at radius 3 is 2.57 bits per heavy atom. The van der Waals surface area contributed by atoms with E-state index < -0.39 is 5.97 Å². The molecule has 0 radical (unpaired) electrons. The van der Waals surface area contributed by atoms with Crippen molar-refractivity contribution in [3.63, 3.8) is 0 Å². The Morgan fingerprint density at radius 2 is 2.05 bits per heavy atom. The molecule has 0 aliphatic heterocycles. The molecule has 0 atom stereocenters. The highest BCUT2D eigenvalue weighted by Gasteiger charge is 2.24. The van der Waals surface area contributed by atoms with E-state index in [4.69, 9.17) is 16.7 Å². The van der Waals surface area contributed by atoms with Gasteiger partial charge in [-0.1, -0.05) is 44.4 Å². The van der Waals surface area contributed by atoms with Crippen molar-refractivity contribution < 1.29 is 9.90 Å². The Labute approximate surface area is 131 Å². The van der Waals surface area contributed by atoms with Crippen LogP contribution in [-0.4, -0.2) is 28.6 Å². The van der Waals surface area contributed by atoms with Gasteiger partial charge in [-0.3, -0.25) is 4.90 Å². The lowest BCUT2D eigenvalue weighted by Crippen LogP contribution is -2.35. The SMILES string of the molecule is CC(C)CN(Cc1ccc(C(=O)O)cc1Cl)C1CCCC1. The van der Waals surface area contributed by atoms with Gasteiger partial charge < -0.3 is 5.11 Å². The molecule has 1 N–H and O–H groups in total. The van der Waals surface area contributed by atoms with Crippen LogP contribution in [0.5, 0.6) is 0 Å². The lowest BCUT2D eigenvalue weighted by molar-refractivity contribution is 0.0697. The van der Waals surface area contributed by atoms with Gasteiger partial charge in [0.1, 0.15) is 0 Å². The maximum absolute atomic E-state index is 11.0. The topological polar surface area (TPSA) is 40.5 Å². The highest BCUT2D eigenvalue weighted by atomic mass is 35.5. The van der Waals surface area contributed by atoms with Gasteiger partial charge in [-0.15, -0.1) is 0 Å². The minimum atomic E-state index is -0.932. The van der Waals surface area contributed by atoms with Gasteiger partial charge in [0.15, 0.2) is 0 Å². The normalized spacial score (nSPS) is 16.0. The van der Waals surface area contributed by atoms with Gasteiger partial charge >= 0.3 is 5.97 Å². The molecule has 2 rings (SSSR count). The monoisotopic (exact) mass is 309 g/mol. The third-order valence-corrected chi connectivity index (χ3v) is 4.47. The Hall–Kier alpha value is -1.06. The van der Waals surface area contributed by atoms with Gasteiger partial charge in [-0.2, -0.15) is 0 Å². The first-order chi connectivity index (χ1) is 9.97.